The van der Waals surface area contributed by atoms with Crippen molar-refractivity contribution in [3.05, 3.63) is 24.0 Å². The van der Waals surface area contributed by atoms with Crippen LogP contribution in [0.1, 0.15) is 48.3 Å². The van der Waals surface area contributed by atoms with Crippen molar-refractivity contribution in [1.82, 2.24) is 15.0 Å². The molecule has 1 aromatic rings. The minimum absolute atomic E-state index is 0.148. The smallest absolute Gasteiger partial charge is 0.361 e. The van der Waals surface area contributed by atoms with E-state index < -0.39 is 12.1 Å². The van der Waals surface area contributed by atoms with Crippen LogP contribution in [0.15, 0.2) is 12.7 Å². The lowest BCUT2D eigenvalue weighted by molar-refractivity contribution is 0.0541. The van der Waals surface area contributed by atoms with Gasteiger partial charge in [0.2, 0.25) is 0 Å². The molecular weight excluding hydrogens is 270 g/mol. The molecule has 0 aromatic carbocycles. The summed E-state index contributed by atoms with van der Waals surface area (Å²) in [4.78, 5) is 11.8. The molecule has 0 radical (unpaired) electrons. The molecule has 1 atom stereocenters. The van der Waals surface area contributed by atoms with E-state index in [1.165, 1.54) is 31.8 Å². The second-order valence-corrected chi connectivity index (χ2v) is 5.63. The number of carbonyl (C=O) groups is 1. The van der Waals surface area contributed by atoms with E-state index in [2.05, 4.69) is 16.9 Å². The minimum atomic E-state index is -0.510. The fraction of sp³-hybridized carbons (Fsp3) is 0.667. The predicted molar refractivity (Wildman–Crippen MR) is 77.8 cm³/mol. The fourth-order valence-corrected chi connectivity index (χ4v) is 2.83. The highest BCUT2D eigenvalue weighted by Gasteiger charge is 2.22. The van der Waals surface area contributed by atoms with Crippen LogP contribution in [-0.2, 0) is 11.3 Å². The number of aromatic nitrogens is 3. The second kappa shape index (κ2) is 7.36. The number of aliphatic hydroxyl groups is 1. The van der Waals surface area contributed by atoms with Gasteiger partial charge in [-0.3, -0.25) is 0 Å². The highest BCUT2D eigenvalue weighted by atomic mass is 16.5. The van der Waals surface area contributed by atoms with Crippen LogP contribution in [-0.4, -0.2) is 38.8 Å². The maximum Gasteiger partial charge on any atom is 0.361 e. The molecule has 0 amide bonds. The van der Waals surface area contributed by atoms with Crippen LogP contribution >= 0.6 is 0 Å². The zero-order valence-electron chi connectivity index (χ0n) is 12.5. The third-order valence-corrected chi connectivity index (χ3v) is 3.97. The van der Waals surface area contributed by atoms with Gasteiger partial charge in [0.25, 0.3) is 0 Å². The maximum atomic E-state index is 11.8. The largest absolute Gasteiger partial charge is 0.457 e. The number of nitrogens with zero attached hydrogens (tertiary/aromatic N) is 3. The highest BCUT2D eigenvalue weighted by Crippen LogP contribution is 2.28. The number of hydrogen-bond acceptors (Lipinski definition) is 5. The van der Waals surface area contributed by atoms with Crippen molar-refractivity contribution in [2.45, 2.75) is 51.7 Å². The molecule has 1 aromatic heterocycles. The van der Waals surface area contributed by atoms with Gasteiger partial charge in [0.15, 0.2) is 5.69 Å². The van der Waals surface area contributed by atoms with Gasteiger partial charge >= 0.3 is 5.97 Å². The number of esters is 1. The predicted octanol–water partition coefficient (Wildman–Crippen LogP) is 1.87. The average Bonchev–Trinajstić information content (AvgIpc) is 3.07. The Balaban J connectivity index is 1.92. The SMILES string of the molecule is C=CCOC(=O)c1nnn(CC(O)CC2CCCC2)c1C. The first-order valence-corrected chi connectivity index (χ1v) is 7.48. The van der Waals surface area contributed by atoms with E-state index in [9.17, 15) is 9.90 Å². The van der Waals surface area contributed by atoms with Gasteiger partial charge in [-0.15, -0.1) is 5.10 Å². The normalized spacial score (nSPS) is 16.9. The molecule has 1 heterocycles. The number of rotatable bonds is 7. The summed E-state index contributed by atoms with van der Waals surface area (Å²) in [6.45, 7) is 5.76. The fourth-order valence-electron chi connectivity index (χ4n) is 2.83. The van der Waals surface area contributed by atoms with E-state index in [0.29, 0.717) is 18.2 Å². The zero-order chi connectivity index (χ0) is 15.2. The Bertz CT molecular complexity index is 492. The van der Waals surface area contributed by atoms with Crippen molar-refractivity contribution in [3.63, 3.8) is 0 Å². The van der Waals surface area contributed by atoms with E-state index in [0.717, 1.165) is 6.42 Å². The van der Waals surface area contributed by atoms with E-state index >= 15 is 0 Å². The molecule has 1 aliphatic carbocycles. The van der Waals surface area contributed by atoms with Crippen LogP contribution in [0.3, 0.4) is 0 Å². The highest BCUT2D eigenvalue weighted by molar-refractivity contribution is 5.88. The minimum Gasteiger partial charge on any atom is -0.457 e. The Morgan fingerprint density at radius 1 is 1.57 bits per heavy atom. The lowest BCUT2D eigenvalue weighted by Gasteiger charge is -2.15. The molecule has 2 rings (SSSR count). The summed E-state index contributed by atoms with van der Waals surface area (Å²) in [7, 11) is 0. The summed E-state index contributed by atoms with van der Waals surface area (Å²) >= 11 is 0. The van der Waals surface area contributed by atoms with Crippen LogP contribution in [0.2, 0.25) is 0 Å². The molecule has 6 nitrogen and oxygen atoms in total. The molecule has 0 spiro atoms. The molecule has 116 valence electrons. The summed E-state index contributed by atoms with van der Waals surface area (Å²) in [5.41, 5.74) is 0.819. The summed E-state index contributed by atoms with van der Waals surface area (Å²) < 4.78 is 6.52. The van der Waals surface area contributed by atoms with Crippen LogP contribution in [0.25, 0.3) is 0 Å². The summed E-state index contributed by atoms with van der Waals surface area (Å²) in [5, 5.41) is 17.9. The zero-order valence-corrected chi connectivity index (χ0v) is 12.5. The standard InChI is InChI=1S/C15H23N3O3/c1-3-8-21-15(20)14-11(2)18(17-16-14)10-13(19)9-12-6-4-5-7-12/h3,12-13,19H,1,4-10H2,2H3. The van der Waals surface area contributed by atoms with Gasteiger partial charge in [-0.1, -0.05) is 43.6 Å². The van der Waals surface area contributed by atoms with Crippen LogP contribution < -0.4 is 0 Å². The number of carbonyl (C=O) groups excluding carboxylic acids is 1. The first-order valence-electron chi connectivity index (χ1n) is 7.48. The van der Waals surface area contributed by atoms with Crippen molar-refractivity contribution in [2.75, 3.05) is 6.61 Å². The maximum absolute atomic E-state index is 11.8. The first kappa shape index (κ1) is 15.7. The number of aliphatic hydroxyl groups excluding tert-OH is 1. The summed E-state index contributed by atoms with van der Waals surface area (Å²) in [6, 6.07) is 0. The van der Waals surface area contributed by atoms with Crippen molar-refractivity contribution in [1.29, 1.82) is 0 Å². The van der Waals surface area contributed by atoms with Gasteiger partial charge in [0.05, 0.1) is 18.3 Å². The van der Waals surface area contributed by atoms with Crippen molar-refractivity contribution < 1.29 is 14.6 Å². The Labute approximate surface area is 124 Å². The van der Waals surface area contributed by atoms with Gasteiger partial charge in [0, 0.05) is 0 Å². The first-order chi connectivity index (χ1) is 10.1. The van der Waals surface area contributed by atoms with Crippen LogP contribution in [0, 0.1) is 12.8 Å². The Hall–Kier alpha value is -1.69. The molecule has 6 heteroatoms. The van der Waals surface area contributed by atoms with Gasteiger partial charge in [0.1, 0.15) is 6.61 Å². The summed E-state index contributed by atoms with van der Waals surface area (Å²) in [5.74, 6) is 0.102. The van der Waals surface area contributed by atoms with Gasteiger partial charge in [-0.25, -0.2) is 9.48 Å². The second-order valence-electron chi connectivity index (χ2n) is 5.63. The molecule has 1 saturated carbocycles. The quantitative estimate of drug-likeness (QED) is 0.613. The molecule has 21 heavy (non-hydrogen) atoms. The molecular formula is C15H23N3O3. The van der Waals surface area contributed by atoms with Gasteiger partial charge in [-0.2, -0.15) is 0 Å². The van der Waals surface area contributed by atoms with Crippen LogP contribution in [0.5, 0.6) is 0 Å². The van der Waals surface area contributed by atoms with Crippen LogP contribution in [0.4, 0.5) is 0 Å². The average molecular weight is 293 g/mol. The molecule has 1 fully saturated rings. The Morgan fingerprint density at radius 2 is 2.29 bits per heavy atom. The molecule has 1 unspecified atom stereocenters. The van der Waals surface area contributed by atoms with Crippen molar-refractivity contribution in [3.8, 4) is 0 Å². The van der Waals surface area contributed by atoms with E-state index in [4.69, 9.17) is 4.74 Å². The third kappa shape index (κ3) is 4.14. The molecule has 1 N–H and O–H groups in total. The van der Waals surface area contributed by atoms with Gasteiger partial charge < -0.3 is 9.84 Å². The summed E-state index contributed by atoms with van der Waals surface area (Å²) in [6.07, 6.45) is 6.76. The Morgan fingerprint density at radius 3 is 2.95 bits per heavy atom. The van der Waals surface area contributed by atoms with E-state index in [1.54, 1.807) is 11.6 Å². The van der Waals surface area contributed by atoms with E-state index in [1.807, 2.05) is 0 Å². The number of hydrogen-bond donors (Lipinski definition) is 1. The van der Waals surface area contributed by atoms with Crippen molar-refractivity contribution in [2.24, 2.45) is 5.92 Å². The molecule has 1 aliphatic rings. The van der Waals surface area contributed by atoms with Crippen molar-refractivity contribution >= 4 is 5.97 Å². The third-order valence-electron chi connectivity index (χ3n) is 3.97. The Kier molecular flexibility index (Phi) is 5.50. The van der Waals surface area contributed by atoms with Gasteiger partial charge in [-0.05, 0) is 19.3 Å². The molecule has 0 bridgehead atoms. The molecule has 0 saturated heterocycles. The lowest BCUT2D eigenvalue weighted by atomic mass is 10.00. The molecule has 0 aliphatic heterocycles. The van der Waals surface area contributed by atoms with E-state index in [-0.39, 0.29) is 12.3 Å². The monoisotopic (exact) mass is 293 g/mol. The number of ether oxygens (including phenoxy) is 1. The lowest BCUT2D eigenvalue weighted by Crippen LogP contribution is -2.21. The topological polar surface area (TPSA) is 77.2 Å².